The van der Waals surface area contributed by atoms with E-state index in [2.05, 4.69) is 39.7 Å². The predicted molar refractivity (Wildman–Crippen MR) is 121 cm³/mol. The molecule has 8 heteroatoms. The number of carbonyl (C=O) groups excluding carboxylic acids is 1. The van der Waals surface area contributed by atoms with Gasteiger partial charge in [-0.1, -0.05) is 6.07 Å². The standard InChI is InChI=1S/C23H26N4O3S/c1-15-13-18(16(2)27(15)14-17-7-6-12-30-17)22-21(19-8-4-5-10-24-19)25-23(31)26(22)11-9-20(28)29-3/h4-8,10,12-13,21-22H,9,11,14H2,1-3H3,(H,25,31). The fourth-order valence-corrected chi connectivity index (χ4v) is 4.56. The predicted octanol–water partition coefficient (Wildman–Crippen LogP) is 3.68. The molecular formula is C23H26N4O3S. The number of pyridine rings is 1. The van der Waals surface area contributed by atoms with Crippen LogP contribution >= 0.6 is 12.2 Å². The molecule has 0 bridgehead atoms. The van der Waals surface area contributed by atoms with Crippen molar-refractivity contribution in [3.63, 3.8) is 0 Å². The number of rotatable bonds is 7. The number of thiocarbonyl (C=S) groups is 1. The van der Waals surface area contributed by atoms with Crippen LogP contribution in [-0.4, -0.2) is 39.2 Å². The lowest BCUT2D eigenvalue weighted by molar-refractivity contribution is -0.140. The van der Waals surface area contributed by atoms with E-state index in [1.54, 1.807) is 12.5 Å². The lowest BCUT2D eigenvalue weighted by atomic mass is 9.96. The smallest absolute Gasteiger partial charge is 0.307 e. The number of nitrogens with one attached hydrogen (secondary N) is 1. The number of nitrogens with zero attached hydrogens (tertiary/aromatic N) is 3. The minimum Gasteiger partial charge on any atom is -0.469 e. The van der Waals surface area contributed by atoms with Crippen molar-refractivity contribution >= 4 is 23.3 Å². The molecule has 162 valence electrons. The van der Waals surface area contributed by atoms with Crippen LogP contribution in [0.25, 0.3) is 0 Å². The molecule has 1 fully saturated rings. The van der Waals surface area contributed by atoms with Gasteiger partial charge in [0.15, 0.2) is 5.11 Å². The highest BCUT2D eigenvalue weighted by Crippen LogP contribution is 2.41. The van der Waals surface area contributed by atoms with Gasteiger partial charge in [0.1, 0.15) is 5.76 Å². The van der Waals surface area contributed by atoms with Gasteiger partial charge in [-0.25, -0.2) is 0 Å². The van der Waals surface area contributed by atoms with E-state index >= 15 is 0 Å². The Morgan fingerprint density at radius 1 is 1.29 bits per heavy atom. The number of ether oxygens (including phenoxy) is 1. The van der Waals surface area contributed by atoms with E-state index in [1.165, 1.54) is 7.11 Å². The van der Waals surface area contributed by atoms with Gasteiger partial charge in [0, 0.05) is 24.1 Å². The largest absolute Gasteiger partial charge is 0.469 e. The molecule has 1 aliphatic heterocycles. The molecular weight excluding hydrogens is 412 g/mol. The second-order valence-electron chi connectivity index (χ2n) is 7.64. The number of carbonyl (C=O) groups is 1. The molecule has 31 heavy (non-hydrogen) atoms. The number of methoxy groups -OCH3 is 1. The molecule has 1 aliphatic rings. The Kier molecular flexibility index (Phi) is 6.08. The fraction of sp³-hybridized carbons (Fsp3) is 0.348. The number of hydrogen-bond donors (Lipinski definition) is 1. The minimum absolute atomic E-state index is 0.0939. The molecule has 4 heterocycles. The molecule has 0 amide bonds. The summed E-state index contributed by atoms with van der Waals surface area (Å²) >= 11 is 5.67. The second kappa shape index (κ2) is 8.93. The fourth-order valence-electron chi connectivity index (χ4n) is 4.23. The van der Waals surface area contributed by atoms with Crippen LogP contribution in [0.2, 0.25) is 0 Å². The summed E-state index contributed by atoms with van der Waals surface area (Å²) in [5, 5.41) is 4.04. The van der Waals surface area contributed by atoms with E-state index in [9.17, 15) is 4.79 Å². The van der Waals surface area contributed by atoms with Crippen LogP contribution in [0.4, 0.5) is 0 Å². The lowest BCUT2D eigenvalue weighted by Crippen LogP contribution is -2.32. The van der Waals surface area contributed by atoms with Gasteiger partial charge in [-0.3, -0.25) is 9.78 Å². The summed E-state index contributed by atoms with van der Waals surface area (Å²) in [7, 11) is 1.40. The number of aryl methyl sites for hydroxylation is 1. The molecule has 4 rings (SSSR count). The Labute approximate surface area is 187 Å². The van der Waals surface area contributed by atoms with Gasteiger partial charge in [0.25, 0.3) is 0 Å². The van der Waals surface area contributed by atoms with E-state index in [0.717, 1.165) is 28.4 Å². The average Bonchev–Trinajstić information content (AvgIpc) is 3.47. The van der Waals surface area contributed by atoms with Gasteiger partial charge < -0.3 is 23.9 Å². The van der Waals surface area contributed by atoms with Crippen LogP contribution in [0, 0.1) is 13.8 Å². The quantitative estimate of drug-likeness (QED) is 0.446. The third-order valence-corrected chi connectivity index (χ3v) is 6.16. The van der Waals surface area contributed by atoms with Crippen molar-refractivity contribution in [2.75, 3.05) is 13.7 Å². The summed E-state index contributed by atoms with van der Waals surface area (Å²) in [5.41, 5.74) is 4.33. The zero-order valence-corrected chi connectivity index (χ0v) is 18.7. The van der Waals surface area contributed by atoms with Crippen molar-refractivity contribution < 1.29 is 13.9 Å². The summed E-state index contributed by atoms with van der Waals surface area (Å²) in [5.74, 6) is 0.642. The minimum atomic E-state index is -0.258. The van der Waals surface area contributed by atoms with Crippen LogP contribution in [-0.2, 0) is 16.1 Å². The van der Waals surface area contributed by atoms with E-state index in [-0.39, 0.29) is 24.5 Å². The first kappa shape index (κ1) is 21.1. The van der Waals surface area contributed by atoms with Crippen molar-refractivity contribution in [1.29, 1.82) is 0 Å². The first-order chi connectivity index (χ1) is 15.0. The van der Waals surface area contributed by atoms with Crippen molar-refractivity contribution in [3.8, 4) is 0 Å². The van der Waals surface area contributed by atoms with Gasteiger partial charge in [0.05, 0.1) is 44.1 Å². The molecule has 0 saturated carbocycles. The maximum absolute atomic E-state index is 11.8. The molecule has 0 radical (unpaired) electrons. The van der Waals surface area contributed by atoms with Gasteiger partial charge in [0.2, 0.25) is 0 Å². The zero-order chi connectivity index (χ0) is 22.0. The Morgan fingerprint density at radius 3 is 2.81 bits per heavy atom. The molecule has 0 aliphatic carbocycles. The number of hydrogen-bond acceptors (Lipinski definition) is 5. The van der Waals surface area contributed by atoms with Crippen LogP contribution in [0.5, 0.6) is 0 Å². The Balaban J connectivity index is 1.73. The molecule has 7 nitrogen and oxygen atoms in total. The molecule has 2 unspecified atom stereocenters. The summed E-state index contributed by atoms with van der Waals surface area (Å²) in [6.45, 7) is 5.33. The molecule has 0 spiro atoms. The monoisotopic (exact) mass is 438 g/mol. The number of furan rings is 1. The molecule has 3 aromatic heterocycles. The Bertz CT molecular complexity index is 1060. The summed E-state index contributed by atoms with van der Waals surface area (Å²) in [6.07, 6.45) is 3.73. The molecule has 1 saturated heterocycles. The van der Waals surface area contributed by atoms with Crippen molar-refractivity contribution in [2.45, 2.75) is 38.9 Å². The third kappa shape index (κ3) is 4.20. The Morgan fingerprint density at radius 2 is 2.13 bits per heavy atom. The van der Waals surface area contributed by atoms with E-state index in [4.69, 9.17) is 21.4 Å². The topological polar surface area (TPSA) is 72.5 Å². The highest BCUT2D eigenvalue weighted by molar-refractivity contribution is 7.80. The molecule has 3 aromatic rings. The van der Waals surface area contributed by atoms with Crippen LogP contribution in [0.15, 0.2) is 53.3 Å². The second-order valence-corrected chi connectivity index (χ2v) is 8.02. The molecule has 2 atom stereocenters. The number of aromatic nitrogens is 2. The summed E-state index contributed by atoms with van der Waals surface area (Å²) in [6, 6.07) is 11.7. The third-order valence-electron chi connectivity index (χ3n) is 5.81. The maximum Gasteiger partial charge on any atom is 0.307 e. The highest BCUT2D eigenvalue weighted by atomic mass is 32.1. The van der Waals surface area contributed by atoms with Crippen LogP contribution in [0.3, 0.4) is 0 Å². The first-order valence-electron chi connectivity index (χ1n) is 10.2. The SMILES string of the molecule is COC(=O)CCN1C(=S)NC(c2ccccn2)C1c1cc(C)n(Cc2ccco2)c1C. The molecule has 0 aromatic carbocycles. The zero-order valence-electron chi connectivity index (χ0n) is 17.9. The average molecular weight is 439 g/mol. The van der Waals surface area contributed by atoms with Crippen molar-refractivity contribution in [1.82, 2.24) is 19.8 Å². The van der Waals surface area contributed by atoms with Gasteiger partial charge in [-0.15, -0.1) is 0 Å². The van der Waals surface area contributed by atoms with Crippen LogP contribution in [0.1, 0.15) is 46.9 Å². The summed E-state index contributed by atoms with van der Waals surface area (Å²) < 4.78 is 12.6. The lowest BCUT2D eigenvalue weighted by Gasteiger charge is -2.27. The highest BCUT2D eigenvalue weighted by Gasteiger charge is 2.41. The maximum atomic E-state index is 11.8. The van der Waals surface area contributed by atoms with Crippen molar-refractivity contribution in [3.05, 3.63) is 77.3 Å². The van der Waals surface area contributed by atoms with Crippen LogP contribution < -0.4 is 5.32 Å². The van der Waals surface area contributed by atoms with Crippen molar-refractivity contribution in [2.24, 2.45) is 0 Å². The number of esters is 1. The molecule has 1 N–H and O–H groups in total. The van der Waals surface area contributed by atoms with Gasteiger partial charge >= 0.3 is 5.97 Å². The Hall–Kier alpha value is -3.13. The van der Waals surface area contributed by atoms with Gasteiger partial charge in [-0.05, 0) is 62.0 Å². The van der Waals surface area contributed by atoms with E-state index < -0.39 is 0 Å². The summed E-state index contributed by atoms with van der Waals surface area (Å²) in [4.78, 5) is 18.5. The first-order valence-corrected chi connectivity index (χ1v) is 10.6. The van der Waals surface area contributed by atoms with Gasteiger partial charge in [-0.2, -0.15) is 0 Å². The van der Waals surface area contributed by atoms with E-state index in [1.807, 2.05) is 30.3 Å². The van der Waals surface area contributed by atoms with E-state index in [0.29, 0.717) is 18.2 Å². The normalized spacial score (nSPS) is 18.3.